The van der Waals surface area contributed by atoms with Gasteiger partial charge in [-0.15, -0.1) is 0 Å². The normalized spacial score (nSPS) is 11.1. The Bertz CT molecular complexity index is 602. The van der Waals surface area contributed by atoms with Crippen LogP contribution >= 0.6 is 0 Å². The van der Waals surface area contributed by atoms with Gasteiger partial charge in [-0.3, -0.25) is 15.5 Å². The predicted molar refractivity (Wildman–Crippen MR) is 62.4 cm³/mol. The van der Waals surface area contributed by atoms with Gasteiger partial charge < -0.3 is 4.98 Å². The second-order valence-electron chi connectivity index (χ2n) is 3.43. The van der Waals surface area contributed by atoms with E-state index in [9.17, 15) is 4.79 Å². The van der Waals surface area contributed by atoms with E-state index < -0.39 is 0 Å². The van der Waals surface area contributed by atoms with Gasteiger partial charge in [0.1, 0.15) is 6.34 Å². The Kier molecular flexibility index (Phi) is 2.70. The lowest BCUT2D eigenvalue weighted by molar-refractivity contribution is 0.240. The first-order valence-corrected chi connectivity index (χ1v) is 4.76. The Labute approximate surface area is 91.4 Å². The van der Waals surface area contributed by atoms with Crippen molar-refractivity contribution in [1.82, 2.24) is 10.5 Å². The van der Waals surface area contributed by atoms with Crippen molar-refractivity contribution >= 4 is 22.9 Å². The zero-order valence-electron chi connectivity index (χ0n) is 8.69. The van der Waals surface area contributed by atoms with E-state index >= 15 is 0 Å². The number of nitrogens with one attached hydrogen (secondary N) is 2. The molecule has 0 fully saturated rings. The van der Waals surface area contributed by atoms with E-state index in [-0.39, 0.29) is 5.56 Å². The van der Waals surface area contributed by atoms with Crippen LogP contribution in [0.3, 0.4) is 0 Å². The third kappa shape index (κ3) is 1.94. The van der Waals surface area contributed by atoms with Gasteiger partial charge >= 0.3 is 0 Å². The highest BCUT2D eigenvalue weighted by Crippen LogP contribution is 2.20. The van der Waals surface area contributed by atoms with E-state index in [0.717, 1.165) is 22.8 Å². The number of aryl methyl sites for hydroxylation is 1. The highest BCUT2D eigenvalue weighted by Gasteiger charge is 2.00. The number of hydroxylamine groups is 1. The minimum Gasteiger partial charge on any atom is -0.322 e. The third-order valence-corrected chi connectivity index (χ3v) is 2.30. The Morgan fingerprint density at radius 2 is 2.25 bits per heavy atom. The summed E-state index contributed by atoms with van der Waals surface area (Å²) in [5.74, 6) is 0. The summed E-state index contributed by atoms with van der Waals surface area (Å²) >= 11 is 0. The summed E-state index contributed by atoms with van der Waals surface area (Å²) in [7, 11) is 0. The molecule has 0 spiro atoms. The third-order valence-electron chi connectivity index (χ3n) is 2.30. The maximum Gasteiger partial charge on any atom is 0.248 e. The Hall–Kier alpha value is -2.14. The molecule has 0 atom stereocenters. The van der Waals surface area contributed by atoms with Crippen LogP contribution in [0, 0.1) is 6.92 Å². The van der Waals surface area contributed by atoms with Crippen LogP contribution in [0.2, 0.25) is 0 Å². The van der Waals surface area contributed by atoms with Crippen molar-refractivity contribution < 1.29 is 5.21 Å². The van der Waals surface area contributed by atoms with Crippen molar-refractivity contribution in [2.75, 3.05) is 0 Å². The van der Waals surface area contributed by atoms with Crippen molar-refractivity contribution in [3.8, 4) is 0 Å². The van der Waals surface area contributed by atoms with Crippen LogP contribution in [0.1, 0.15) is 5.56 Å². The zero-order chi connectivity index (χ0) is 11.5. The molecule has 5 heteroatoms. The van der Waals surface area contributed by atoms with Gasteiger partial charge in [-0.1, -0.05) is 6.07 Å². The largest absolute Gasteiger partial charge is 0.322 e. The first kappa shape index (κ1) is 10.4. The SMILES string of the molecule is Cc1cc(=O)[nH]c2cc(N=CNO)ccc12. The van der Waals surface area contributed by atoms with Gasteiger partial charge in [0, 0.05) is 11.5 Å². The Morgan fingerprint density at radius 1 is 1.44 bits per heavy atom. The van der Waals surface area contributed by atoms with E-state index in [2.05, 4.69) is 9.98 Å². The van der Waals surface area contributed by atoms with Crippen LogP contribution in [0.4, 0.5) is 5.69 Å². The number of rotatable bonds is 2. The van der Waals surface area contributed by atoms with Crippen molar-refractivity contribution in [2.24, 2.45) is 4.99 Å². The lowest BCUT2D eigenvalue weighted by atomic mass is 10.1. The molecule has 1 aromatic carbocycles. The summed E-state index contributed by atoms with van der Waals surface area (Å²) in [6.45, 7) is 1.88. The number of aromatic amines is 1. The fourth-order valence-corrected chi connectivity index (χ4v) is 1.61. The maximum absolute atomic E-state index is 11.3. The topological polar surface area (TPSA) is 77.5 Å². The van der Waals surface area contributed by atoms with Crippen molar-refractivity contribution in [1.29, 1.82) is 0 Å². The van der Waals surface area contributed by atoms with Crippen molar-refractivity contribution in [2.45, 2.75) is 6.92 Å². The van der Waals surface area contributed by atoms with Crippen molar-refractivity contribution in [3.63, 3.8) is 0 Å². The molecular weight excluding hydrogens is 206 g/mol. The van der Waals surface area contributed by atoms with Crippen LogP contribution in [-0.4, -0.2) is 16.5 Å². The minimum absolute atomic E-state index is 0.133. The number of pyridine rings is 1. The van der Waals surface area contributed by atoms with Crippen LogP contribution in [0.25, 0.3) is 10.9 Å². The van der Waals surface area contributed by atoms with E-state index in [1.807, 2.05) is 24.5 Å². The average Bonchev–Trinajstić information content (AvgIpc) is 2.25. The molecule has 0 aliphatic carbocycles. The zero-order valence-corrected chi connectivity index (χ0v) is 8.69. The fraction of sp³-hybridized carbons (Fsp3) is 0.0909. The molecule has 0 bridgehead atoms. The molecule has 0 unspecified atom stereocenters. The second kappa shape index (κ2) is 4.16. The average molecular weight is 217 g/mol. The molecule has 0 saturated heterocycles. The van der Waals surface area contributed by atoms with Crippen LogP contribution in [-0.2, 0) is 0 Å². The summed E-state index contributed by atoms with van der Waals surface area (Å²) in [4.78, 5) is 17.9. The first-order chi connectivity index (χ1) is 7.70. The van der Waals surface area contributed by atoms with Crippen LogP contribution < -0.4 is 11.0 Å². The maximum atomic E-state index is 11.3. The fourth-order valence-electron chi connectivity index (χ4n) is 1.61. The summed E-state index contributed by atoms with van der Waals surface area (Å²) in [5.41, 5.74) is 4.00. The van der Waals surface area contributed by atoms with Gasteiger partial charge in [0.05, 0.1) is 11.2 Å². The number of aromatic nitrogens is 1. The summed E-state index contributed by atoms with van der Waals surface area (Å²) in [6, 6.07) is 6.99. The molecule has 1 heterocycles. The molecule has 5 nitrogen and oxygen atoms in total. The smallest absolute Gasteiger partial charge is 0.248 e. The lowest BCUT2D eigenvalue weighted by Crippen LogP contribution is -2.04. The van der Waals surface area contributed by atoms with Gasteiger partial charge in [0.25, 0.3) is 0 Å². The molecule has 3 N–H and O–H groups in total. The van der Waals surface area contributed by atoms with Gasteiger partial charge in [-0.2, -0.15) is 0 Å². The monoisotopic (exact) mass is 217 g/mol. The molecule has 0 radical (unpaired) electrons. The first-order valence-electron chi connectivity index (χ1n) is 4.76. The number of benzene rings is 1. The molecule has 0 saturated carbocycles. The predicted octanol–water partition coefficient (Wildman–Crippen LogP) is 1.48. The highest BCUT2D eigenvalue weighted by atomic mass is 16.5. The Morgan fingerprint density at radius 3 is 3.00 bits per heavy atom. The van der Waals surface area contributed by atoms with Crippen molar-refractivity contribution in [3.05, 3.63) is 40.2 Å². The molecule has 2 aromatic rings. The Balaban J connectivity index is 2.61. The molecule has 16 heavy (non-hydrogen) atoms. The number of hydrogen-bond donors (Lipinski definition) is 3. The minimum atomic E-state index is -0.133. The number of H-pyrrole nitrogens is 1. The second-order valence-corrected chi connectivity index (χ2v) is 3.43. The quantitative estimate of drug-likeness (QED) is 0.405. The number of fused-ring (bicyclic) bond motifs is 1. The van der Waals surface area contributed by atoms with Crippen LogP contribution in [0.15, 0.2) is 34.1 Å². The molecular formula is C11H11N3O2. The van der Waals surface area contributed by atoms with Gasteiger partial charge in [0.15, 0.2) is 0 Å². The van der Waals surface area contributed by atoms with E-state index in [1.54, 1.807) is 12.1 Å². The summed E-state index contributed by atoms with van der Waals surface area (Å²) < 4.78 is 0. The van der Waals surface area contributed by atoms with Gasteiger partial charge in [0.2, 0.25) is 5.56 Å². The number of hydrogen-bond acceptors (Lipinski definition) is 3. The van der Waals surface area contributed by atoms with Crippen LogP contribution in [0.5, 0.6) is 0 Å². The lowest BCUT2D eigenvalue weighted by Gasteiger charge is -2.02. The molecule has 0 aliphatic heterocycles. The van der Waals surface area contributed by atoms with E-state index in [1.165, 1.54) is 0 Å². The summed E-state index contributed by atoms with van der Waals surface area (Å²) in [5, 5.41) is 9.35. The number of aliphatic imine (C=N–C) groups is 1. The number of nitrogens with zero attached hydrogens (tertiary/aromatic N) is 1. The summed E-state index contributed by atoms with van der Waals surface area (Å²) in [6.07, 6.45) is 1.16. The standard InChI is InChI=1S/C11H11N3O2/c1-7-4-11(15)14-10-5-8(12-6-13-16)2-3-9(7)10/h2-6,16H,1H3,(H,12,13)(H,14,15). The molecule has 82 valence electrons. The van der Waals surface area contributed by atoms with Gasteiger partial charge in [-0.05, 0) is 24.6 Å². The van der Waals surface area contributed by atoms with E-state index in [0.29, 0.717) is 5.69 Å². The molecule has 2 rings (SSSR count). The highest BCUT2D eigenvalue weighted by molar-refractivity contribution is 5.84. The van der Waals surface area contributed by atoms with E-state index in [4.69, 9.17) is 5.21 Å². The molecule has 1 aromatic heterocycles. The molecule has 0 aliphatic rings. The molecule has 0 amide bonds. The van der Waals surface area contributed by atoms with Gasteiger partial charge in [-0.25, -0.2) is 4.99 Å².